The van der Waals surface area contributed by atoms with Gasteiger partial charge >= 0.3 is 0 Å². The molecule has 0 aliphatic carbocycles. The first kappa shape index (κ1) is 24.6. The van der Waals surface area contributed by atoms with Gasteiger partial charge < -0.3 is 19.9 Å². The Bertz CT molecular complexity index is 1460. The zero-order chi connectivity index (χ0) is 25.8. The minimum atomic E-state index is -0.101. The van der Waals surface area contributed by atoms with E-state index in [0.29, 0.717) is 11.8 Å². The highest BCUT2D eigenvalue weighted by molar-refractivity contribution is 7.19. The van der Waals surface area contributed by atoms with Crippen molar-refractivity contribution in [2.24, 2.45) is 0 Å². The molecule has 0 unspecified atom stereocenters. The van der Waals surface area contributed by atoms with Gasteiger partial charge in [-0.3, -0.25) is 4.79 Å². The molecule has 0 spiro atoms. The molecule has 37 heavy (non-hydrogen) atoms. The number of nitrogens with zero attached hydrogens (tertiary/aromatic N) is 4. The lowest BCUT2D eigenvalue weighted by atomic mass is 9.90. The van der Waals surface area contributed by atoms with Crippen molar-refractivity contribution in [2.75, 3.05) is 26.7 Å². The second-order valence-corrected chi connectivity index (χ2v) is 12.0. The van der Waals surface area contributed by atoms with Gasteiger partial charge in [0, 0.05) is 48.8 Å². The molecule has 2 fully saturated rings. The van der Waals surface area contributed by atoms with E-state index in [2.05, 4.69) is 65.2 Å². The number of aromatic nitrogens is 4. The van der Waals surface area contributed by atoms with Crippen LogP contribution in [0.4, 0.5) is 0 Å². The van der Waals surface area contributed by atoms with Crippen LogP contribution < -0.4 is 5.32 Å². The number of ether oxygens (including phenoxy) is 1. The SMILES string of the molecule is CO[C@@H]1CN[C@@H](C(=O)N2CCC(c3sc4[nH]c(-c5cc(C)c6ncnn6c5)c(C(C)C)c4c3C)CC2)C1. The number of H-pyrrole nitrogens is 1. The number of rotatable bonds is 5. The minimum absolute atomic E-state index is 0.101. The standard InChI is InChI=1S/C28H36N6O2S/c1-15(2)22-23-17(4)25(18-6-8-33(9-7-18)28(35)21-11-20(36-5)12-29-21)37-27(23)32-24(22)19-10-16(3)26-30-14-31-34(26)13-19/h10,13-15,18,20-21,29,32H,6-9,11-12H2,1-5H3/t20-,21+/m0/s1. The summed E-state index contributed by atoms with van der Waals surface area (Å²) >= 11 is 1.90. The van der Waals surface area contributed by atoms with Gasteiger partial charge in [0.05, 0.1) is 17.8 Å². The van der Waals surface area contributed by atoms with Gasteiger partial charge in [-0.05, 0) is 67.7 Å². The van der Waals surface area contributed by atoms with Crippen LogP contribution in [0, 0.1) is 13.8 Å². The fourth-order valence-electron chi connectivity index (χ4n) is 6.33. The van der Waals surface area contributed by atoms with Crippen molar-refractivity contribution in [3.05, 3.63) is 40.2 Å². The summed E-state index contributed by atoms with van der Waals surface area (Å²) < 4.78 is 7.30. The van der Waals surface area contributed by atoms with Crippen molar-refractivity contribution >= 4 is 33.1 Å². The summed E-state index contributed by atoms with van der Waals surface area (Å²) in [5.74, 6) is 1.11. The maximum atomic E-state index is 13.0. The van der Waals surface area contributed by atoms with E-state index in [1.165, 1.54) is 31.9 Å². The predicted molar refractivity (Wildman–Crippen MR) is 147 cm³/mol. The smallest absolute Gasteiger partial charge is 0.239 e. The second kappa shape index (κ2) is 9.53. The maximum absolute atomic E-state index is 13.0. The molecule has 2 aliphatic rings. The molecular weight excluding hydrogens is 484 g/mol. The Kier molecular flexibility index (Phi) is 6.33. The largest absolute Gasteiger partial charge is 0.380 e. The Balaban J connectivity index is 1.26. The fraction of sp³-hybridized carbons (Fsp3) is 0.536. The third-order valence-electron chi connectivity index (χ3n) is 8.29. The molecule has 6 rings (SSSR count). The number of aryl methyl sites for hydroxylation is 2. The van der Waals surface area contributed by atoms with E-state index in [1.807, 2.05) is 15.9 Å². The molecular formula is C28H36N6O2S. The third kappa shape index (κ3) is 4.17. The lowest BCUT2D eigenvalue weighted by Gasteiger charge is -2.33. The third-order valence-corrected chi connectivity index (χ3v) is 9.66. The van der Waals surface area contributed by atoms with E-state index in [1.54, 1.807) is 13.4 Å². The molecule has 2 saturated heterocycles. The number of methoxy groups -OCH3 is 1. The Hall–Kier alpha value is -2.75. The Morgan fingerprint density at radius 3 is 2.73 bits per heavy atom. The van der Waals surface area contributed by atoms with E-state index >= 15 is 0 Å². The van der Waals surface area contributed by atoms with Crippen LogP contribution in [0.2, 0.25) is 0 Å². The van der Waals surface area contributed by atoms with Gasteiger partial charge in [-0.15, -0.1) is 11.3 Å². The highest BCUT2D eigenvalue weighted by Gasteiger charge is 2.35. The number of likely N-dealkylation sites (tertiary alicyclic amines) is 1. The molecule has 196 valence electrons. The first-order chi connectivity index (χ1) is 17.9. The first-order valence-corrected chi connectivity index (χ1v) is 14.2. The highest BCUT2D eigenvalue weighted by Crippen LogP contribution is 2.46. The van der Waals surface area contributed by atoms with Crippen molar-refractivity contribution < 1.29 is 9.53 Å². The quantitative estimate of drug-likeness (QED) is 0.396. The normalized spacial score (nSPS) is 21.2. The fourth-order valence-corrected chi connectivity index (χ4v) is 7.72. The van der Waals surface area contributed by atoms with Crippen LogP contribution in [0.3, 0.4) is 0 Å². The highest BCUT2D eigenvalue weighted by atomic mass is 32.1. The van der Waals surface area contributed by atoms with Crippen molar-refractivity contribution in [1.82, 2.24) is 29.8 Å². The average Bonchev–Trinajstić information content (AvgIpc) is 3.67. The summed E-state index contributed by atoms with van der Waals surface area (Å²) in [7, 11) is 1.72. The monoisotopic (exact) mass is 520 g/mol. The molecule has 9 heteroatoms. The maximum Gasteiger partial charge on any atom is 0.239 e. The van der Waals surface area contributed by atoms with Gasteiger partial charge in [-0.2, -0.15) is 5.10 Å². The number of amides is 1. The molecule has 2 N–H and O–H groups in total. The van der Waals surface area contributed by atoms with Crippen molar-refractivity contribution in [3.8, 4) is 11.3 Å². The zero-order valence-corrected chi connectivity index (χ0v) is 23.1. The van der Waals surface area contributed by atoms with Crippen LogP contribution in [0.15, 0.2) is 18.6 Å². The molecule has 2 atom stereocenters. The number of carbonyl (C=O) groups is 1. The van der Waals surface area contributed by atoms with Crippen LogP contribution in [0.1, 0.15) is 66.5 Å². The predicted octanol–water partition coefficient (Wildman–Crippen LogP) is 4.76. The van der Waals surface area contributed by atoms with E-state index in [4.69, 9.17) is 4.74 Å². The Labute approximate surface area is 221 Å². The van der Waals surface area contributed by atoms with Gasteiger partial charge in [0.2, 0.25) is 5.91 Å². The van der Waals surface area contributed by atoms with Gasteiger partial charge in [0.1, 0.15) is 11.2 Å². The summed E-state index contributed by atoms with van der Waals surface area (Å²) in [5, 5.41) is 9.10. The molecule has 4 aromatic heterocycles. The molecule has 1 amide bonds. The van der Waals surface area contributed by atoms with Crippen LogP contribution >= 0.6 is 11.3 Å². The molecule has 6 heterocycles. The van der Waals surface area contributed by atoms with Gasteiger partial charge in [-0.25, -0.2) is 9.50 Å². The van der Waals surface area contributed by atoms with Crippen LogP contribution in [0.5, 0.6) is 0 Å². The minimum Gasteiger partial charge on any atom is -0.380 e. The summed E-state index contributed by atoms with van der Waals surface area (Å²) in [5.41, 5.74) is 7.12. The number of pyridine rings is 1. The number of aromatic amines is 1. The number of hydrogen-bond acceptors (Lipinski definition) is 6. The van der Waals surface area contributed by atoms with E-state index < -0.39 is 0 Å². The topological polar surface area (TPSA) is 87.5 Å². The molecule has 0 radical (unpaired) electrons. The van der Waals surface area contributed by atoms with Crippen molar-refractivity contribution in [2.45, 2.75) is 70.9 Å². The van der Waals surface area contributed by atoms with Crippen molar-refractivity contribution in [3.63, 3.8) is 0 Å². The van der Waals surface area contributed by atoms with E-state index in [9.17, 15) is 4.79 Å². The first-order valence-electron chi connectivity index (χ1n) is 13.4. The summed E-state index contributed by atoms with van der Waals surface area (Å²) in [6.07, 6.45) is 6.63. The number of nitrogens with one attached hydrogen (secondary N) is 2. The van der Waals surface area contributed by atoms with Crippen molar-refractivity contribution in [1.29, 1.82) is 0 Å². The second-order valence-electron chi connectivity index (χ2n) is 11.0. The summed E-state index contributed by atoms with van der Waals surface area (Å²) in [4.78, 5) is 26.0. The van der Waals surface area contributed by atoms with Gasteiger partial charge in [0.25, 0.3) is 0 Å². The summed E-state index contributed by atoms with van der Waals surface area (Å²) in [6.45, 7) is 11.3. The van der Waals surface area contributed by atoms with Crippen LogP contribution in [-0.4, -0.2) is 69.3 Å². The average molecular weight is 521 g/mol. The van der Waals surface area contributed by atoms with Gasteiger partial charge in [-0.1, -0.05) is 13.8 Å². The Morgan fingerprint density at radius 1 is 1.24 bits per heavy atom. The van der Waals surface area contributed by atoms with Crippen LogP contribution in [-0.2, 0) is 9.53 Å². The number of hydrogen-bond donors (Lipinski definition) is 2. The molecule has 8 nitrogen and oxygen atoms in total. The lowest BCUT2D eigenvalue weighted by molar-refractivity contribution is -0.134. The zero-order valence-electron chi connectivity index (χ0n) is 22.3. The molecule has 4 aromatic rings. The lowest BCUT2D eigenvalue weighted by Crippen LogP contribution is -2.46. The number of thiophene rings is 1. The molecule has 2 aliphatic heterocycles. The Morgan fingerprint density at radius 2 is 2.03 bits per heavy atom. The van der Waals surface area contributed by atoms with Gasteiger partial charge in [0.15, 0.2) is 5.65 Å². The molecule has 0 saturated carbocycles. The number of piperidine rings is 1. The summed E-state index contributed by atoms with van der Waals surface area (Å²) in [6, 6.07) is 2.11. The molecule has 0 aromatic carbocycles. The van der Waals surface area contributed by atoms with Crippen LogP contribution in [0.25, 0.3) is 27.1 Å². The molecule has 0 bridgehead atoms. The van der Waals surface area contributed by atoms with E-state index in [0.717, 1.165) is 55.7 Å². The van der Waals surface area contributed by atoms with E-state index in [-0.39, 0.29) is 18.1 Å². The number of fused-ring (bicyclic) bond motifs is 2. The number of carbonyl (C=O) groups excluding carboxylic acids is 1.